The van der Waals surface area contributed by atoms with E-state index in [1.807, 2.05) is 32.0 Å². The van der Waals surface area contributed by atoms with E-state index in [1.165, 1.54) is 0 Å². The molecule has 22 heavy (non-hydrogen) atoms. The van der Waals surface area contributed by atoms with Gasteiger partial charge in [0.25, 0.3) is 0 Å². The van der Waals surface area contributed by atoms with E-state index in [2.05, 4.69) is 15.6 Å². The Kier molecular flexibility index (Phi) is 12.4. The summed E-state index contributed by atoms with van der Waals surface area (Å²) in [6.07, 6.45) is 0.781. The molecular weight excluding hydrogens is 417 g/mol. The largest absolute Gasteiger partial charge is 0.487 e. The zero-order chi connectivity index (χ0) is 15.5. The number of para-hydroxylation sites is 1. The van der Waals surface area contributed by atoms with Gasteiger partial charge in [-0.15, -0.1) is 24.0 Å². The molecule has 1 aromatic rings. The third-order valence-corrected chi connectivity index (χ3v) is 3.10. The maximum Gasteiger partial charge on any atom is 0.191 e. The number of benzene rings is 1. The number of aliphatic imine (C=N–C) groups is 1. The van der Waals surface area contributed by atoms with Crippen molar-refractivity contribution in [2.75, 3.05) is 26.2 Å². The number of guanidine groups is 1. The molecule has 1 rings (SSSR count). The van der Waals surface area contributed by atoms with Crippen LogP contribution in [0.15, 0.2) is 29.3 Å². The lowest BCUT2D eigenvalue weighted by molar-refractivity contribution is 0.205. The maximum atomic E-state index is 8.85. The molecule has 0 saturated heterocycles. The van der Waals surface area contributed by atoms with Crippen LogP contribution in [0.1, 0.15) is 20.3 Å². The quantitative estimate of drug-likeness (QED) is 0.330. The molecule has 0 aliphatic heterocycles. The zero-order valence-electron chi connectivity index (χ0n) is 13.0. The minimum atomic E-state index is -0.0468. The summed E-state index contributed by atoms with van der Waals surface area (Å²) in [5, 5.41) is 15.6. The normalized spacial score (nSPS) is 12.3. The molecule has 0 heterocycles. The Morgan fingerprint density at radius 3 is 2.64 bits per heavy atom. The molecule has 0 radical (unpaired) electrons. The predicted molar refractivity (Wildman–Crippen MR) is 103 cm³/mol. The Morgan fingerprint density at radius 1 is 1.32 bits per heavy atom. The van der Waals surface area contributed by atoms with E-state index in [9.17, 15) is 0 Å². The molecule has 1 unspecified atom stereocenters. The number of halogens is 2. The van der Waals surface area contributed by atoms with Crippen LogP contribution < -0.4 is 15.4 Å². The Hall–Kier alpha value is -0.730. The molecule has 126 valence electrons. The number of aliphatic hydroxyl groups is 1. The monoisotopic (exact) mass is 441 g/mol. The highest BCUT2D eigenvalue weighted by Crippen LogP contribution is 2.24. The molecular formula is C15H25ClIN3O2. The Balaban J connectivity index is 0.00000441. The highest BCUT2D eigenvalue weighted by atomic mass is 127. The number of ether oxygens (including phenoxy) is 1. The van der Waals surface area contributed by atoms with Crippen molar-refractivity contribution in [1.82, 2.24) is 10.6 Å². The van der Waals surface area contributed by atoms with Crippen molar-refractivity contribution < 1.29 is 9.84 Å². The van der Waals surface area contributed by atoms with E-state index in [0.29, 0.717) is 29.8 Å². The molecule has 0 bridgehead atoms. The van der Waals surface area contributed by atoms with Gasteiger partial charge in [-0.1, -0.05) is 30.7 Å². The molecule has 0 aromatic heterocycles. The van der Waals surface area contributed by atoms with Gasteiger partial charge in [0, 0.05) is 13.1 Å². The van der Waals surface area contributed by atoms with Crippen molar-refractivity contribution in [2.24, 2.45) is 4.99 Å². The molecule has 0 aliphatic carbocycles. The standard InChI is InChI=1S/C15H24ClN3O2.HI/c1-3-12(21-14-8-6-5-7-13(14)16)11-19-15(17-4-2)18-9-10-20;/h5-8,12,20H,3-4,9-11H2,1-2H3,(H2,17,18,19);1H. The van der Waals surface area contributed by atoms with Gasteiger partial charge in [-0.3, -0.25) is 0 Å². The van der Waals surface area contributed by atoms with Gasteiger partial charge in [-0.2, -0.15) is 0 Å². The fourth-order valence-corrected chi connectivity index (χ4v) is 1.86. The van der Waals surface area contributed by atoms with E-state index in [-0.39, 0.29) is 36.7 Å². The van der Waals surface area contributed by atoms with E-state index >= 15 is 0 Å². The summed E-state index contributed by atoms with van der Waals surface area (Å²) >= 11 is 6.09. The smallest absolute Gasteiger partial charge is 0.191 e. The van der Waals surface area contributed by atoms with Crippen molar-refractivity contribution in [3.05, 3.63) is 29.3 Å². The zero-order valence-corrected chi connectivity index (χ0v) is 16.1. The third-order valence-electron chi connectivity index (χ3n) is 2.79. The van der Waals surface area contributed by atoms with Crippen LogP contribution in [0.5, 0.6) is 5.75 Å². The van der Waals surface area contributed by atoms with E-state index in [1.54, 1.807) is 6.07 Å². The van der Waals surface area contributed by atoms with E-state index in [0.717, 1.165) is 13.0 Å². The van der Waals surface area contributed by atoms with Gasteiger partial charge >= 0.3 is 0 Å². The van der Waals surface area contributed by atoms with Gasteiger partial charge < -0.3 is 20.5 Å². The molecule has 7 heteroatoms. The number of aliphatic hydroxyl groups excluding tert-OH is 1. The number of hydrogen-bond donors (Lipinski definition) is 3. The SMILES string of the molecule is CCNC(=NCC(CC)Oc1ccccc1Cl)NCCO.I. The average Bonchev–Trinajstić information content (AvgIpc) is 2.50. The summed E-state index contributed by atoms with van der Waals surface area (Å²) in [6, 6.07) is 7.42. The second kappa shape index (κ2) is 12.8. The molecule has 0 aliphatic rings. The fourth-order valence-electron chi connectivity index (χ4n) is 1.68. The van der Waals surface area contributed by atoms with Gasteiger partial charge in [-0.25, -0.2) is 4.99 Å². The number of nitrogens with one attached hydrogen (secondary N) is 2. The lowest BCUT2D eigenvalue weighted by Crippen LogP contribution is -2.39. The lowest BCUT2D eigenvalue weighted by Gasteiger charge is -2.17. The van der Waals surface area contributed by atoms with E-state index in [4.69, 9.17) is 21.4 Å². The summed E-state index contributed by atoms with van der Waals surface area (Å²) in [6.45, 7) is 5.85. The number of hydrogen-bond acceptors (Lipinski definition) is 3. The molecule has 0 saturated carbocycles. The predicted octanol–water partition coefficient (Wildman–Crippen LogP) is 2.66. The molecule has 5 nitrogen and oxygen atoms in total. The fraction of sp³-hybridized carbons (Fsp3) is 0.533. The first-order valence-corrected chi connectivity index (χ1v) is 7.63. The minimum absolute atomic E-state index is 0. The van der Waals surface area contributed by atoms with Crippen molar-refractivity contribution >= 4 is 41.5 Å². The van der Waals surface area contributed by atoms with Gasteiger partial charge in [0.1, 0.15) is 11.9 Å². The molecule has 1 aromatic carbocycles. The van der Waals surface area contributed by atoms with Crippen LogP contribution in [0.3, 0.4) is 0 Å². The Bertz CT molecular complexity index is 447. The summed E-state index contributed by atoms with van der Waals surface area (Å²) in [7, 11) is 0. The lowest BCUT2D eigenvalue weighted by atomic mass is 10.2. The van der Waals surface area contributed by atoms with Crippen molar-refractivity contribution in [1.29, 1.82) is 0 Å². The molecule has 0 fully saturated rings. The first kappa shape index (κ1) is 21.3. The highest BCUT2D eigenvalue weighted by Gasteiger charge is 2.10. The second-order valence-electron chi connectivity index (χ2n) is 4.45. The summed E-state index contributed by atoms with van der Waals surface area (Å²) in [4.78, 5) is 4.46. The number of nitrogens with zero attached hydrogens (tertiary/aromatic N) is 1. The molecule has 1 atom stereocenters. The molecule has 0 spiro atoms. The third kappa shape index (κ3) is 8.05. The van der Waals surface area contributed by atoms with Crippen LogP contribution in [0.2, 0.25) is 5.02 Å². The van der Waals surface area contributed by atoms with Gasteiger partial charge in [0.05, 0.1) is 18.2 Å². The van der Waals surface area contributed by atoms with Crippen molar-refractivity contribution in [3.63, 3.8) is 0 Å². The van der Waals surface area contributed by atoms with Crippen LogP contribution >= 0.6 is 35.6 Å². The van der Waals surface area contributed by atoms with Crippen molar-refractivity contribution in [3.8, 4) is 5.75 Å². The first-order chi connectivity index (χ1) is 10.2. The van der Waals surface area contributed by atoms with Gasteiger partial charge in [0.15, 0.2) is 5.96 Å². The Labute approximate surface area is 154 Å². The van der Waals surface area contributed by atoms with E-state index < -0.39 is 0 Å². The number of rotatable bonds is 8. The van der Waals surface area contributed by atoms with Gasteiger partial charge in [0.2, 0.25) is 0 Å². The van der Waals surface area contributed by atoms with Crippen LogP contribution in [-0.4, -0.2) is 43.4 Å². The summed E-state index contributed by atoms with van der Waals surface area (Å²) in [5.41, 5.74) is 0. The van der Waals surface area contributed by atoms with Crippen LogP contribution in [0, 0.1) is 0 Å². The Morgan fingerprint density at radius 2 is 2.05 bits per heavy atom. The highest BCUT2D eigenvalue weighted by molar-refractivity contribution is 14.0. The topological polar surface area (TPSA) is 65.9 Å². The molecule has 0 amide bonds. The van der Waals surface area contributed by atoms with Crippen LogP contribution in [-0.2, 0) is 0 Å². The minimum Gasteiger partial charge on any atom is -0.487 e. The van der Waals surface area contributed by atoms with Crippen molar-refractivity contribution in [2.45, 2.75) is 26.4 Å². The summed E-state index contributed by atoms with van der Waals surface area (Å²) in [5.74, 6) is 1.35. The second-order valence-corrected chi connectivity index (χ2v) is 4.86. The van der Waals surface area contributed by atoms with Gasteiger partial charge in [-0.05, 0) is 25.5 Å². The van der Waals surface area contributed by atoms with Crippen LogP contribution in [0.4, 0.5) is 0 Å². The molecule has 3 N–H and O–H groups in total. The van der Waals surface area contributed by atoms with Crippen LogP contribution in [0.25, 0.3) is 0 Å². The first-order valence-electron chi connectivity index (χ1n) is 7.25. The average molecular weight is 442 g/mol. The maximum absolute atomic E-state index is 8.85. The summed E-state index contributed by atoms with van der Waals surface area (Å²) < 4.78 is 5.88.